The number of nitrogens with one attached hydrogen (secondary N) is 1. The van der Waals surface area contributed by atoms with E-state index in [4.69, 9.17) is 4.74 Å². The molecule has 0 aliphatic carbocycles. The van der Waals surface area contributed by atoms with E-state index in [2.05, 4.69) is 5.32 Å². The minimum Gasteiger partial charge on any atom is -0.497 e. The summed E-state index contributed by atoms with van der Waals surface area (Å²) >= 11 is 1.61. The number of thioether (sulfide) groups is 1. The summed E-state index contributed by atoms with van der Waals surface area (Å²) in [6.07, 6.45) is 1.33. The monoisotopic (exact) mass is 415 g/mol. The van der Waals surface area contributed by atoms with E-state index >= 15 is 0 Å². The van der Waals surface area contributed by atoms with Crippen molar-refractivity contribution in [2.24, 2.45) is 0 Å². The van der Waals surface area contributed by atoms with Crippen LogP contribution in [0.2, 0.25) is 0 Å². The molecule has 0 bridgehead atoms. The number of halogens is 1. The van der Waals surface area contributed by atoms with Gasteiger partial charge in [0, 0.05) is 24.5 Å². The molecule has 29 heavy (non-hydrogen) atoms. The van der Waals surface area contributed by atoms with E-state index in [1.165, 1.54) is 12.1 Å². The molecule has 8 heteroatoms. The molecule has 0 unspecified atom stereocenters. The van der Waals surface area contributed by atoms with Crippen molar-refractivity contribution in [1.29, 1.82) is 0 Å². The van der Waals surface area contributed by atoms with Crippen LogP contribution in [0.15, 0.2) is 48.5 Å². The molecule has 2 saturated heterocycles. The average molecular weight is 415 g/mol. The molecule has 2 aliphatic rings. The predicted molar refractivity (Wildman–Crippen MR) is 112 cm³/mol. The highest BCUT2D eigenvalue weighted by Gasteiger charge is 2.49. The number of benzene rings is 2. The fraction of sp³-hybridized carbons (Fsp3) is 0.333. The maximum Gasteiger partial charge on any atom is 0.321 e. The van der Waals surface area contributed by atoms with Gasteiger partial charge in [-0.05, 0) is 61.4 Å². The lowest BCUT2D eigenvalue weighted by molar-refractivity contribution is -0.116. The lowest BCUT2D eigenvalue weighted by Crippen LogP contribution is -2.53. The number of amides is 3. The van der Waals surface area contributed by atoms with Crippen molar-refractivity contribution in [2.75, 3.05) is 36.2 Å². The number of methoxy groups -OCH3 is 1. The second-order valence-corrected chi connectivity index (χ2v) is 8.42. The molecule has 0 aromatic heterocycles. The second-order valence-electron chi connectivity index (χ2n) is 7.09. The van der Waals surface area contributed by atoms with E-state index in [-0.39, 0.29) is 22.6 Å². The highest BCUT2D eigenvalue weighted by Crippen LogP contribution is 2.46. The van der Waals surface area contributed by atoms with Gasteiger partial charge in [0.1, 0.15) is 11.6 Å². The van der Waals surface area contributed by atoms with Crippen LogP contribution in [0.25, 0.3) is 0 Å². The molecule has 152 valence electrons. The van der Waals surface area contributed by atoms with Gasteiger partial charge in [0.05, 0.1) is 17.7 Å². The third kappa shape index (κ3) is 3.89. The maximum absolute atomic E-state index is 13.3. The summed E-state index contributed by atoms with van der Waals surface area (Å²) in [5.74, 6) is 0.826. The van der Waals surface area contributed by atoms with Crippen LogP contribution in [-0.2, 0) is 4.79 Å². The van der Waals surface area contributed by atoms with Crippen LogP contribution < -0.4 is 15.0 Å². The van der Waals surface area contributed by atoms with Gasteiger partial charge in [0.15, 0.2) is 0 Å². The summed E-state index contributed by atoms with van der Waals surface area (Å²) in [4.78, 5) is 28.4. The van der Waals surface area contributed by atoms with Gasteiger partial charge in [0.2, 0.25) is 5.91 Å². The maximum atomic E-state index is 13.3. The first kappa shape index (κ1) is 19.6. The highest BCUT2D eigenvalue weighted by molar-refractivity contribution is 8.02. The third-order valence-electron chi connectivity index (χ3n) is 5.38. The largest absolute Gasteiger partial charge is 0.497 e. The lowest BCUT2D eigenvalue weighted by Gasteiger charge is -2.43. The molecule has 0 radical (unpaired) electrons. The Hall–Kier alpha value is -2.74. The Balaban J connectivity index is 1.42. The van der Waals surface area contributed by atoms with Gasteiger partial charge >= 0.3 is 6.03 Å². The molecule has 4 rings (SSSR count). The molecular formula is C21H22FN3O3S. The third-order valence-corrected chi connectivity index (χ3v) is 6.90. The molecule has 2 aliphatic heterocycles. The molecule has 1 N–H and O–H groups in total. The van der Waals surface area contributed by atoms with Crippen molar-refractivity contribution in [3.05, 3.63) is 54.3 Å². The average Bonchev–Trinajstić information content (AvgIpc) is 3.05. The molecule has 2 aromatic carbocycles. The van der Waals surface area contributed by atoms with Crippen molar-refractivity contribution in [3.63, 3.8) is 0 Å². The summed E-state index contributed by atoms with van der Waals surface area (Å²) in [6, 6.07) is 13.0. The molecule has 2 heterocycles. The van der Waals surface area contributed by atoms with Crippen molar-refractivity contribution < 1.29 is 18.7 Å². The van der Waals surface area contributed by atoms with Gasteiger partial charge in [-0.3, -0.25) is 9.69 Å². The van der Waals surface area contributed by atoms with Crippen LogP contribution in [0.3, 0.4) is 0 Å². The summed E-state index contributed by atoms with van der Waals surface area (Å²) in [6.45, 7) is 1.08. The van der Waals surface area contributed by atoms with Crippen LogP contribution in [0.1, 0.15) is 12.8 Å². The van der Waals surface area contributed by atoms with Gasteiger partial charge in [-0.25, -0.2) is 9.18 Å². The van der Waals surface area contributed by atoms with Gasteiger partial charge in [-0.15, -0.1) is 11.8 Å². The number of nitrogens with zero attached hydrogens (tertiary/aromatic N) is 2. The molecule has 1 spiro atoms. The highest BCUT2D eigenvalue weighted by atomic mass is 32.2. The summed E-state index contributed by atoms with van der Waals surface area (Å²) in [5, 5.41) is 2.90. The quantitative estimate of drug-likeness (QED) is 0.825. The van der Waals surface area contributed by atoms with Crippen LogP contribution in [-0.4, -0.2) is 47.7 Å². The predicted octanol–water partition coefficient (Wildman–Crippen LogP) is 3.94. The number of carbonyl (C=O) groups excluding carboxylic acids is 2. The number of piperidine rings is 1. The minimum absolute atomic E-state index is 0.0257. The Morgan fingerprint density at radius 2 is 1.76 bits per heavy atom. The summed E-state index contributed by atoms with van der Waals surface area (Å²) < 4.78 is 18.4. The Morgan fingerprint density at radius 1 is 1.10 bits per heavy atom. The number of anilines is 2. The molecular weight excluding hydrogens is 393 g/mol. The van der Waals surface area contributed by atoms with Crippen LogP contribution in [0.4, 0.5) is 20.6 Å². The van der Waals surface area contributed by atoms with E-state index in [1.54, 1.807) is 65.1 Å². The van der Waals surface area contributed by atoms with Crippen molar-refractivity contribution >= 4 is 35.1 Å². The van der Waals surface area contributed by atoms with Crippen LogP contribution in [0, 0.1) is 5.82 Å². The minimum atomic E-state index is -0.383. The van der Waals surface area contributed by atoms with Crippen LogP contribution in [0.5, 0.6) is 5.75 Å². The number of likely N-dealkylation sites (tertiary alicyclic amines) is 1. The van der Waals surface area contributed by atoms with E-state index < -0.39 is 0 Å². The zero-order chi connectivity index (χ0) is 20.4. The molecule has 3 amide bonds. The smallest absolute Gasteiger partial charge is 0.321 e. The Kier molecular flexibility index (Phi) is 5.36. The number of ether oxygens (including phenoxy) is 1. The fourth-order valence-corrected chi connectivity index (χ4v) is 5.15. The van der Waals surface area contributed by atoms with Gasteiger partial charge < -0.3 is 15.0 Å². The van der Waals surface area contributed by atoms with Gasteiger partial charge in [0.25, 0.3) is 0 Å². The van der Waals surface area contributed by atoms with Crippen molar-refractivity contribution in [2.45, 2.75) is 17.7 Å². The van der Waals surface area contributed by atoms with Gasteiger partial charge in [-0.1, -0.05) is 0 Å². The standard InChI is InChI=1S/C21H22FN3O3S/c1-28-18-8-4-16(5-9-18)23-20(27)24-12-10-21(11-13-24)25(19(26)14-29-21)17-6-2-15(22)3-7-17/h2-9H,10-14H2,1H3,(H,23,27). The van der Waals surface area contributed by atoms with E-state index in [9.17, 15) is 14.0 Å². The first-order valence-electron chi connectivity index (χ1n) is 9.43. The molecule has 2 fully saturated rings. The van der Waals surface area contributed by atoms with Gasteiger partial charge in [-0.2, -0.15) is 0 Å². The number of urea groups is 1. The Morgan fingerprint density at radius 3 is 2.38 bits per heavy atom. The normalized spacial score (nSPS) is 18.2. The Labute approximate surface area is 173 Å². The second kappa shape index (κ2) is 7.94. The molecule has 0 atom stereocenters. The number of hydrogen-bond donors (Lipinski definition) is 1. The summed E-state index contributed by atoms with van der Waals surface area (Å²) in [7, 11) is 1.60. The van der Waals surface area contributed by atoms with Crippen LogP contribution >= 0.6 is 11.8 Å². The van der Waals surface area contributed by atoms with Crippen molar-refractivity contribution in [3.8, 4) is 5.75 Å². The zero-order valence-corrected chi connectivity index (χ0v) is 16.9. The number of hydrogen-bond acceptors (Lipinski definition) is 4. The number of rotatable bonds is 3. The Bertz CT molecular complexity index is 896. The van der Waals surface area contributed by atoms with Crippen molar-refractivity contribution in [1.82, 2.24) is 4.90 Å². The first-order chi connectivity index (χ1) is 14.0. The number of carbonyl (C=O) groups is 2. The van der Waals surface area contributed by atoms with E-state index in [0.29, 0.717) is 43.1 Å². The van der Waals surface area contributed by atoms with E-state index in [0.717, 1.165) is 5.75 Å². The topological polar surface area (TPSA) is 61.9 Å². The molecule has 6 nitrogen and oxygen atoms in total. The summed E-state index contributed by atoms with van der Waals surface area (Å²) in [5.41, 5.74) is 1.41. The van der Waals surface area contributed by atoms with E-state index in [1.807, 2.05) is 0 Å². The zero-order valence-electron chi connectivity index (χ0n) is 16.1. The molecule has 0 saturated carbocycles. The first-order valence-corrected chi connectivity index (χ1v) is 10.4. The fourth-order valence-electron chi connectivity index (χ4n) is 3.83. The molecule has 2 aromatic rings. The SMILES string of the molecule is COc1ccc(NC(=O)N2CCC3(CC2)SCC(=O)N3c2ccc(F)cc2)cc1. The lowest BCUT2D eigenvalue weighted by atomic mass is 10.0.